The molecule has 1 amide bonds. The van der Waals surface area contributed by atoms with Crippen molar-refractivity contribution in [2.45, 2.75) is 30.8 Å². The smallest absolute Gasteiger partial charge is 0.222 e. The number of rotatable bonds is 7. The van der Waals surface area contributed by atoms with Crippen LogP contribution in [0, 0.1) is 0 Å². The molecule has 3 aliphatic heterocycles. The third-order valence-electron chi connectivity index (χ3n) is 6.75. The third kappa shape index (κ3) is 5.16. The molecule has 2 atom stereocenters. The van der Waals surface area contributed by atoms with E-state index in [0.29, 0.717) is 63.1 Å². The molecule has 1 unspecified atom stereocenters. The molecule has 0 N–H and O–H groups in total. The lowest BCUT2D eigenvalue weighted by molar-refractivity contribution is -0.130. The highest BCUT2D eigenvalue weighted by Gasteiger charge is 2.28. The summed E-state index contributed by atoms with van der Waals surface area (Å²) in [7, 11) is 0.242. The highest BCUT2D eigenvalue weighted by atomic mass is 32.2. The van der Waals surface area contributed by atoms with E-state index >= 15 is 0 Å². The summed E-state index contributed by atoms with van der Waals surface area (Å²) < 4.78 is 38.5. The number of anilines is 2. The van der Waals surface area contributed by atoms with Crippen LogP contribution in [-0.4, -0.2) is 85.1 Å². The molecule has 0 aliphatic carbocycles. The van der Waals surface area contributed by atoms with Gasteiger partial charge in [0.15, 0.2) is 0 Å². The van der Waals surface area contributed by atoms with Crippen molar-refractivity contribution in [3.8, 4) is 17.2 Å². The SMILES string of the molecule is CCC(=O)N1CC[C@H](Oc2ccc3c(c2)N(c2ccc(OC)c(S(=O)N4CCOCC4)c2)CCO3)C1. The van der Waals surface area contributed by atoms with Gasteiger partial charge < -0.3 is 28.7 Å². The van der Waals surface area contributed by atoms with Crippen molar-refractivity contribution in [3.05, 3.63) is 36.4 Å². The Morgan fingerprint density at radius 1 is 1.08 bits per heavy atom. The number of hydrogen-bond acceptors (Lipinski definition) is 7. The summed E-state index contributed by atoms with van der Waals surface area (Å²) in [6.45, 7) is 6.78. The Kier molecular flexibility index (Phi) is 7.64. The molecule has 10 heteroatoms. The largest absolute Gasteiger partial charge is 0.495 e. The first-order valence-electron chi connectivity index (χ1n) is 12.5. The molecule has 194 valence electrons. The van der Waals surface area contributed by atoms with Crippen molar-refractivity contribution >= 4 is 28.3 Å². The van der Waals surface area contributed by atoms with Gasteiger partial charge in [0.25, 0.3) is 0 Å². The van der Waals surface area contributed by atoms with Gasteiger partial charge in [0.2, 0.25) is 5.91 Å². The predicted molar refractivity (Wildman–Crippen MR) is 137 cm³/mol. The van der Waals surface area contributed by atoms with E-state index in [9.17, 15) is 9.00 Å². The molecular formula is C26H33N3O6S. The fraction of sp³-hybridized carbons (Fsp3) is 0.500. The molecule has 3 heterocycles. The first-order chi connectivity index (χ1) is 17.6. The molecule has 0 bridgehead atoms. The number of nitrogens with zero attached hydrogens (tertiary/aromatic N) is 3. The van der Waals surface area contributed by atoms with Crippen LogP contribution < -0.4 is 19.1 Å². The lowest BCUT2D eigenvalue weighted by atomic mass is 10.2. The molecule has 0 aromatic heterocycles. The van der Waals surface area contributed by atoms with Crippen LogP contribution in [0.15, 0.2) is 41.3 Å². The van der Waals surface area contributed by atoms with E-state index in [2.05, 4.69) is 4.90 Å². The second-order valence-corrected chi connectivity index (χ2v) is 10.4. The van der Waals surface area contributed by atoms with Gasteiger partial charge in [-0.15, -0.1) is 0 Å². The number of carbonyl (C=O) groups is 1. The Hall–Kier alpha value is -2.82. The highest BCUT2D eigenvalue weighted by Crippen LogP contribution is 2.41. The van der Waals surface area contributed by atoms with Gasteiger partial charge in [-0.25, -0.2) is 8.51 Å². The maximum atomic E-state index is 13.4. The Balaban J connectivity index is 1.39. The molecule has 2 aromatic rings. The van der Waals surface area contributed by atoms with Crippen molar-refractivity contribution in [2.24, 2.45) is 0 Å². The van der Waals surface area contributed by atoms with Gasteiger partial charge in [-0.05, 0) is 30.3 Å². The second kappa shape index (κ2) is 11.1. The molecule has 5 rings (SSSR count). The molecule has 0 saturated carbocycles. The number of carbonyl (C=O) groups excluding carboxylic acids is 1. The van der Waals surface area contributed by atoms with Crippen molar-refractivity contribution in [1.29, 1.82) is 0 Å². The van der Waals surface area contributed by atoms with E-state index in [1.54, 1.807) is 7.11 Å². The number of morpholine rings is 1. The van der Waals surface area contributed by atoms with E-state index in [0.717, 1.165) is 35.8 Å². The third-order valence-corrected chi connectivity index (χ3v) is 8.28. The van der Waals surface area contributed by atoms with E-state index in [4.69, 9.17) is 18.9 Å². The monoisotopic (exact) mass is 515 g/mol. The Morgan fingerprint density at radius 3 is 2.69 bits per heavy atom. The zero-order chi connectivity index (χ0) is 25.1. The Bertz CT molecular complexity index is 1120. The van der Waals surface area contributed by atoms with E-state index in [-0.39, 0.29) is 12.0 Å². The van der Waals surface area contributed by atoms with Gasteiger partial charge >= 0.3 is 0 Å². The van der Waals surface area contributed by atoms with Crippen LogP contribution in [0.5, 0.6) is 17.2 Å². The number of hydrogen-bond donors (Lipinski definition) is 0. The van der Waals surface area contributed by atoms with Gasteiger partial charge in [-0.2, -0.15) is 0 Å². The minimum Gasteiger partial charge on any atom is -0.495 e. The number of benzene rings is 2. The van der Waals surface area contributed by atoms with Gasteiger partial charge in [-0.1, -0.05) is 6.92 Å². The van der Waals surface area contributed by atoms with Crippen molar-refractivity contribution in [1.82, 2.24) is 9.21 Å². The first-order valence-corrected chi connectivity index (χ1v) is 13.6. The number of fused-ring (bicyclic) bond motifs is 1. The summed E-state index contributed by atoms with van der Waals surface area (Å²) in [5.74, 6) is 2.28. The highest BCUT2D eigenvalue weighted by molar-refractivity contribution is 7.82. The summed E-state index contributed by atoms with van der Waals surface area (Å²) in [5, 5.41) is 0. The maximum absolute atomic E-state index is 13.4. The molecule has 2 aromatic carbocycles. The minimum atomic E-state index is -1.36. The first kappa shape index (κ1) is 24.9. The molecule has 2 fully saturated rings. The Morgan fingerprint density at radius 2 is 1.92 bits per heavy atom. The average Bonchev–Trinajstić information content (AvgIpc) is 3.40. The van der Waals surface area contributed by atoms with E-state index in [1.807, 2.05) is 52.5 Å². The zero-order valence-electron chi connectivity index (χ0n) is 20.8. The predicted octanol–water partition coefficient (Wildman–Crippen LogP) is 2.97. The number of methoxy groups -OCH3 is 1. The molecule has 36 heavy (non-hydrogen) atoms. The summed E-state index contributed by atoms with van der Waals surface area (Å²) in [5.41, 5.74) is 1.81. The zero-order valence-corrected chi connectivity index (χ0v) is 21.6. The number of amides is 1. The van der Waals surface area contributed by atoms with Crippen LogP contribution in [0.1, 0.15) is 19.8 Å². The maximum Gasteiger partial charge on any atom is 0.222 e. The van der Waals surface area contributed by atoms with Gasteiger partial charge in [-0.3, -0.25) is 4.79 Å². The Labute approximate surface area is 214 Å². The normalized spacial score (nSPS) is 21.0. The van der Waals surface area contributed by atoms with Gasteiger partial charge in [0.05, 0.1) is 44.0 Å². The minimum absolute atomic E-state index is 0.0277. The lowest BCUT2D eigenvalue weighted by Crippen LogP contribution is -2.37. The fourth-order valence-corrected chi connectivity index (χ4v) is 6.13. The van der Waals surface area contributed by atoms with Crippen LogP contribution in [0.2, 0.25) is 0 Å². The number of ether oxygens (including phenoxy) is 4. The second-order valence-electron chi connectivity index (χ2n) is 8.98. The van der Waals surface area contributed by atoms with E-state index in [1.165, 1.54) is 0 Å². The van der Waals surface area contributed by atoms with Crippen LogP contribution in [-0.2, 0) is 20.5 Å². The molecule has 0 spiro atoms. The van der Waals surface area contributed by atoms with Crippen LogP contribution in [0.3, 0.4) is 0 Å². The topological polar surface area (TPSA) is 80.8 Å². The van der Waals surface area contributed by atoms with Gasteiger partial charge in [0.1, 0.15) is 40.9 Å². The average molecular weight is 516 g/mol. The summed E-state index contributed by atoms with van der Waals surface area (Å²) >= 11 is 0. The fourth-order valence-electron chi connectivity index (χ4n) is 4.83. The van der Waals surface area contributed by atoms with Crippen molar-refractivity contribution in [2.75, 3.05) is 64.6 Å². The van der Waals surface area contributed by atoms with Crippen LogP contribution in [0.25, 0.3) is 0 Å². The summed E-state index contributed by atoms with van der Waals surface area (Å²) in [6.07, 6.45) is 1.30. The van der Waals surface area contributed by atoms with Crippen LogP contribution >= 0.6 is 0 Å². The number of likely N-dealkylation sites (tertiary alicyclic amines) is 1. The lowest BCUT2D eigenvalue weighted by Gasteiger charge is -2.32. The molecular weight excluding hydrogens is 482 g/mol. The van der Waals surface area contributed by atoms with E-state index < -0.39 is 11.0 Å². The van der Waals surface area contributed by atoms with Crippen molar-refractivity contribution in [3.63, 3.8) is 0 Å². The summed E-state index contributed by atoms with van der Waals surface area (Å²) in [4.78, 5) is 16.7. The van der Waals surface area contributed by atoms with Crippen molar-refractivity contribution < 1.29 is 28.0 Å². The summed E-state index contributed by atoms with van der Waals surface area (Å²) in [6, 6.07) is 11.6. The van der Waals surface area contributed by atoms with Gasteiger partial charge in [0, 0.05) is 44.2 Å². The quantitative estimate of drug-likeness (QED) is 0.561. The standard InChI is InChI=1S/C26H33N3O6S/c1-3-26(30)27-9-8-21(18-27)35-20-5-7-23-22(17-20)29(12-15-34-23)19-4-6-24(32-2)25(16-19)36(31)28-10-13-33-14-11-28/h4-7,16-17,21H,3,8-15,18H2,1-2H3/t21-,36?/m0/s1. The molecule has 9 nitrogen and oxygen atoms in total. The molecule has 0 radical (unpaired) electrons. The molecule has 2 saturated heterocycles. The molecule has 3 aliphatic rings. The van der Waals surface area contributed by atoms with Crippen LogP contribution in [0.4, 0.5) is 11.4 Å².